The molecule has 0 spiro atoms. The fourth-order valence-corrected chi connectivity index (χ4v) is 3.23. The summed E-state index contributed by atoms with van der Waals surface area (Å²) >= 11 is 5.97. The highest BCUT2D eigenvalue weighted by atomic mass is 35.5. The summed E-state index contributed by atoms with van der Waals surface area (Å²) in [5.41, 5.74) is -0.609. The number of likely N-dealkylation sites (tertiary alicyclic amines) is 1. The Bertz CT molecular complexity index is 647. The predicted molar refractivity (Wildman–Crippen MR) is 98.9 cm³/mol. The van der Waals surface area contributed by atoms with Crippen LogP contribution in [-0.2, 0) is 4.74 Å². The van der Waals surface area contributed by atoms with Crippen molar-refractivity contribution in [2.75, 3.05) is 26.7 Å². The Labute approximate surface area is 159 Å². The Morgan fingerprint density at radius 2 is 1.92 bits per heavy atom. The fraction of sp³-hybridized carbons (Fsp3) is 0.579. The normalized spacial score (nSPS) is 15.7. The van der Waals surface area contributed by atoms with Gasteiger partial charge in [-0.15, -0.1) is 0 Å². The summed E-state index contributed by atoms with van der Waals surface area (Å²) in [7, 11) is 1.64. The van der Waals surface area contributed by atoms with Crippen LogP contribution >= 0.6 is 11.6 Å². The summed E-state index contributed by atoms with van der Waals surface area (Å²) in [6, 6.07) is 4.21. The molecule has 26 heavy (non-hydrogen) atoms. The molecule has 0 bridgehead atoms. The van der Waals surface area contributed by atoms with Crippen molar-refractivity contribution in [3.63, 3.8) is 0 Å². The molecule has 0 aromatic heterocycles. The first-order valence-electron chi connectivity index (χ1n) is 8.76. The molecule has 1 aromatic carbocycles. The van der Waals surface area contributed by atoms with Gasteiger partial charge in [-0.1, -0.05) is 17.7 Å². The predicted octanol–water partition coefficient (Wildman–Crippen LogP) is 4.20. The summed E-state index contributed by atoms with van der Waals surface area (Å²) in [6.07, 6.45) is 1.22. The van der Waals surface area contributed by atoms with Crippen LogP contribution in [-0.4, -0.2) is 54.1 Å². The lowest BCUT2D eigenvalue weighted by Crippen LogP contribution is -2.44. The average molecular weight is 385 g/mol. The highest BCUT2D eigenvalue weighted by molar-refractivity contribution is 6.33. The van der Waals surface area contributed by atoms with Gasteiger partial charge in [0.2, 0.25) is 0 Å². The molecule has 0 N–H and O–H groups in total. The maximum Gasteiger partial charge on any atom is 0.410 e. The Morgan fingerprint density at radius 3 is 2.46 bits per heavy atom. The summed E-state index contributed by atoms with van der Waals surface area (Å²) in [4.78, 5) is 27.8. The second-order valence-electron chi connectivity index (χ2n) is 7.69. The quantitative estimate of drug-likeness (QED) is 0.784. The van der Waals surface area contributed by atoms with Gasteiger partial charge in [-0.25, -0.2) is 9.18 Å². The molecule has 0 radical (unpaired) electrons. The standard InChI is InChI=1S/C19H26ClFN2O3/c1-19(2,3)26-18(25)23-10-8-13(9-11-23)12-22(4)17(24)16-14(20)6-5-7-15(16)21/h5-7,13H,8-12H2,1-4H3. The van der Waals surface area contributed by atoms with E-state index in [1.165, 1.54) is 23.1 Å². The van der Waals surface area contributed by atoms with Gasteiger partial charge >= 0.3 is 6.09 Å². The van der Waals surface area contributed by atoms with Crippen molar-refractivity contribution in [2.45, 2.75) is 39.2 Å². The number of hydrogen-bond acceptors (Lipinski definition) is 3. The van der Waals surface area contributed by atoms with Gasteiger partial charge in [0.15, 0.2) is 0 Å². The Hall–Kier alpha value is -1.82. The van der Waals surface area contributed by atoms with E-state index in [2.05, 4.69) is 0 Å². The number of carbonyl (C=O) groups excluding carboxylic acids is 2. The molecule has 1 aliphatic heterocycles. The van der Waals surface area contributed by atoms with Crippen LogP contribution in [0.25, 0.3) is 0 Å². The average Bonchev–Trinajstić information content (AvgIpc) is 2.53. The number of ether oxygens (including phenoxy) is 1. The zero-order valence-electron chi connectivity index (χ0n) is 15.7. The molecule has 1 aliphatic rings. The van der Waals surface area contributed by atoms with Gasteiger partial charge in [0.1, 0.15) is 11.4 Å². The lowest BCUT2D eigenvalue weighted by atomic mass is 9.96. The maximum absolute atomic E-state index is 13.9. The monoisotopic (exact) mass is 384 g/mol. The molecule has 5 nitrogen and oxygen atoms in total. The number of nitrogens with zero attached hydrogens (tertiary/aromatic N) is 2. The molecule has 1 aromatic rings. The summed E-state index contributed by atoms with van der Waals surface area (Å²) < 4.78 is 19.3. The Kier molecular flexibility index (Phi) is 6.50. The molecule has 0 unspecified atom stereocenters. The molecule has 2 amide bonds. The van der Waals surface area contributed by atoms with E-state index in [9.17, 15) is 14.0 Å². The van der Waals surface area contributed by atoms with Gasteiger partial charge in [-0.3, -0.25) is 4.79 Å². The smallest absolute Gasteiger partial charge is 0.410 e. The molecule has 1 saturated heterocycles. The van der Waals surface area contributed by atoms with Crippen molar-refractivity contribution in [1.29, 1.82) is 0 Å². The van der Waals surface area contributed by atoms with Crippen LogP contribution in [0.5, 0.6) is 0 Å². The second-order valence-corrected chi connectivity index (χ2v) is 8.10. The number of halogens is 2. The topological polar surface area (TPSA) is 49.9 Å². The van der Waals surface area contributed by atoms with Gasteiger partial charge in [0.05, 0.1) is 10.6 Å². The van der Waals surface area contributed by atoms with Crippen molar-refractivity contribution in [3.8, 4) is 0 Å². The number of carbonyl (C=O) groups is 2. The lowest BCUT2D eigenvalue weighted by molar-refractivity contribution is 0.0170. The molecular formula is C19H26ClFN2O3. The van der Waals surface area contributed by atoms with Crippen molar-refractivity contribution >= 4 is 23.6 Å². The van der Waals surface area contributed by atoms with E-state index in [0.717, 1.165) is 12.8 Å². The second kappa shape index (κ2) is 8.25. The van der Waals surface area contributed by atoms with Crippen LogP contribution in [0.15, 0.2) is 18.2 Å². The molecule has 0 saturated carbocycles. The summed E-state index contributed by atoms with van der Waals surface area (Å²) in [5.74, 6) is -0.801. The van der Waals surface area contributed by atoms with Crippen LogP contribution in [0.1, 0.15) is 44.0 Å². The highest BCUT2D eigenvalue weighted by Gasteiger charge is 2.28. The molecule has 144 valence electrons. The minimum Gasteiger partial charge on any atom is -0.444 e. The first-order chi connectivity index (χ1) is 12.1. The van der Waals surface area contributed by atoms with Gasteiger partial charge in [-0.05, 0) is 51.7 Å². The zero-order valence-corrected chi connectivity index (χ0v) is 16.5. The van der Waals surface area contributed by atoms with Crippen LogP contribution in [0.2, 0.25) is 5.02 Å². The minimum atomic E-state index is -0.617. The number of benzene rings is 1. The molecule has 2 rings (SSSR count). The Balaban J connectivity index is 1.89. The number of piperidine rings is 1. The van der Waals surface area contributed by atoms with Gasteiger partial charge in [-0.2, -0.15) is 0 Å². The van der Waals surface area contributed by atoms with Crippen LogP contribution in [0, 0.1) is 11.7 Å². The molecule has 0 atom stereocenters. The van der Waals surface area contributed by atoms with E-state index in [0.29, 0.717) is 19.6 Å². The van der Waals surface area contributed by atoms with E-state index in [1.807, 2.05) is 20.8 Å². The third kappa shape index (κ3) is 5.34. The minimum absolute atomic E-state index is 0.0946. The van der Waals surface area contributed by atoms with Gasteiger partial charge in [0, 0.05) is 26.7 Å². The number of rotatable bonds is 3. The van der Waals surface area contributed by atoms with Gasteiger partial charge < -0.3 is 14.5 Å². The fourth-order valence-electron chi connectivity index (χ4n) is 2.99. The molecule has 0 aliphatic carbocycles. The van der Waals surface area contributed by atoms with Crippen molar-refractivity contribution in [2.24, 2.45) is 5.92 Å². The van der Waals surface area contributed by atoms with Crippen LogP contribution in [0.3, 0.4) is 0 Å². The van der Waals surface area contributed by atoms with Crippen LogP contribution < -0.4 is 0 Å². The Morgan fingerprint density at radius 1 is 1.31 bits per heavy atom. The first-order valence-corrected chi connectivity index (χ1v) is 9.13. The third-order valence-corrected chi connectivity index (χ3v) is 4.64. The van der Waals surface area contributed by atoms with Gasteiger partial charge in [0.25, 0.3) is 5.91 Å². The van der Waals surface area contributed by atoms with E-state index < -0.39 is 17.3 Å². The third-order valence-electron chi connectivity index (χ3n) is 4.32. The van der Waals surface area contributed by atoms with E-state index in [-0.39, 0.29) is 22.6 Å². The van der Waals surface area contributed by atoms with Crippen LogP contribution in [0.4, 0.5) is 9.18 Å². The zero-order chi connectivity index (χ0) is 19.5. The van der Waals surface area contributed by atoms with Crippen molar-refractivity contribution < 1.29 is 18.7 Å². The first kappa shape index (κ1) is 20.5. The van der Waals surface area contributed by atoms with Crippen molar-refractivity contribution in [1.82, 2.24) is 9.80 Å². The molecule has 1 fully saturated rings. The molecular weight excluding hydrogens is 359 g/mol. The van der Waals surface area contributed by atoms with Crippen molar-refractivity contribution in [3.05, 3.63) is 34.6 Å². The van der Waals surface area contributed by atoms with E-state index >= 15 is 0 Å². The largest absolute Gasteiger partial charge is 0.444 e. The van der Waals surface area contributed by atoms with E-state index in [1.54, 1.807) is 11.9 Å². The number of amides is 2. The number of hydrogen-bond donors (Lipinski definition) is 0. The summed E-state index contributed by atoms with van der Waals surface area (Å²) in [5, 5.41) is 0.113. The lowest BCUT2D eigenvalue weighted by Gasteiger charge is -2.34. The highest BCUT2D eigenvalue weighted by Crippen LogP contribution is 2.24. The SMILES string of the molecule is CN(CC1CCN(C(=O)OC(C)(C)C)CC1)C(=O)c1c(F)cccc1Cl. The molecule has 1 heterocycles. The molecule has 7 heteroatoms. The maximum atomic E-state index is 13.9. The summed E-state index contributed by atoms with van der Waals surface area (Å²) in [6.45, 7) is 7.18. The van der Waals surface area contributed by atoms with E-state index in [4.69, 9.17) is 16.3 Å².